The van der Waals surface area contributed by atoms with Crippen molar-refractivity contribution < 1.29 is 38.7 Å². The van der Waals surface area contributed by atoms with Gasteiger partial charge in [-0.3, -0.25) is 19.4 Å². The van der Waals surface area contributed by atoms with Crippen molar-refractivity contribution in [2.24, 2.45) is 10.8 Å². The van der Waals surface area contributed by atoms with Crippen LogP contribution in [0.1, 0.15) is 174 Å². The third kappa shape index (κ3) is 14.8. The largest absolute Gasteiger partial charge is 0.480 e. The Morgan fingerprint density at radius 1 is 0.632 bits per heavy atom. The van der Waals surface area contributed by atoms with Crippen LogP contribution in [-0.2, 0) is 54.2 Å². The van der Waals surface area contributed by atoms with Gasteiger partial charge >= 0.3 is 11.9 Å². The molecule has 0 amide bonds. The van der Waals surface area contributed by atoms with Gasteiger partial charge in [-0.25, -0.2) is 9.97 Å². The molecule has 0 radical (unpaired) electrons. The Labute approximate surface area is 452 Å². The number of aryl methyl sites for hydroxylation is 4. The summed E-state index contributed by atoms with van der Waals surface area (Å²) in [6, 6.07) is 23.3. The van der Waals surface area contributed by atoms with Gasteiger partial charge in [0, 0.05) is 77.1 Å². The number of unbranched alkanes of at least 4 members (excludes halogenated alkanes) is 2. The first-order chi connectivity index (χ1) is 36.8. The van der Waals surface area contributed by atoms with Gasteiger partial charge in [-0.15, -0.1) is 0 Å². The molecule has 8 heterocycles. The highest BCUT2D eigenvalue weighted by atomic mass is 16.5. The maximum atomic E-state index is 12.5. The topological polar surface area (TPSA) is 168 Å². The van der Waals surface area contributed by atoms with Crippen LogP contribution in [0.2, 0.25) is 0 Å². The van der Waals surface area contributed by atoms with Crippen LogP contribution < -0.4 is 10.6 Å². The van der Waals surface area contributed by atoms with Crippen molar-refractivity contribution in [2.75, 3.05) is 76.3 Å². The number of ether oxygens (including phenoxy) is 4. The molecule has 14 heteroatoms. The van der Waals surface area contributed by atoms with Crippen LogP contribution >= 0.6 is 0 Å². The van der Waals surface area contributed by atoms with Gasteiger partial charge in [0.05, 0.1) is 24.4 Å². The molecule has 0 spiro atoms. The third-order valence-corrected chi connectivity index (χ3v) is 16.8. The summed E-state index contributed by atoms with van der Waals surface area (Å²) in [6.07, 6.45) is 16.1. The summed E-state index contributed by atoms with van der Waals surface area (Å²) in [5.74, 6) is 0.508. The number of anilines is 2. The average Bonchev–Trinajstić information content (AvgIpc) is 4.09. The van der Waals surface area contributed by atoms with E-state index in [0.717, 1.165) is 161 Å². The lowest BCUT2D eigenvalue weighted by molar-refractivity contribution is -0.144. The second kappa shape index (κ2) is 26.1. The molecule has 6 aliphatic rings. The fourth-order valence-corrected chi connectivity index (χ4v) is 12.3. The molecule has 6 aliphatic heterocycles. The van der Waals surface area contributed by atoms with Crippen molar-refractivity contribution >= 4 is 23.6 Å². The number of likely N-dealkylation sites (tertiary alicyclic amines) is 2. The molecule has 10 rings (SSSR count). The van der Waals surface area contributed by atoms with Crippen LogP contribution in [0.3, 0.4) is 0 Å². The Bertz CT molecular complexity index is 2380. The number of aromatic nitrogens is 2. The number of fused-ring (bicyclic) bond motifs is 2. The van der Waals surface area contributed by atoms with E-state index in [1.807, 2.05) is 36.4 Å². The van der Waals surface area contributed by atoms with Crippen LogP contribution in [-0.4, -0.2) is 120 Å². The fourth-order valence-electron chi connectivity index (χ4n) is 12.3. The zero-order chi connectivity index (χ0) is 53.1. The summed E-state index contributed by atoms with van der Waals surface area (Å²) in [4.78, 5) is 38.8. The maximum absolute atomic E-state index is 12.5. The number of hydrogen-bond donors (Lipinski definition) is 4. The molecule has 4 N–H and O–H groups in total. The molecule has 0 aliphatic carbocycles. The van der Waals surface area contributed by atoms with Crippen LogP contribution in [0.15, 0.2) is 72.8 Å². The molecule has 412 valence electrons. The first kappa shape index (κ1) is 55.8. The molecule has 76 heavy (non-hydrogen) atoms. The number of carboxylic acid groups (broad SMARTS) is 2. The van der Waals surface area contributed by atoms with Crippen molar-refractivity contribution in [3.8, 4) is 0 Å². The molecule has 0 saturated carbocycles. The summed E-state index contributed by atoms with van der Waals surface area (Å²) < 4.78 is 24.7. The lowest BCUT2D eigenvalue weighted by atomic mass is 9.79. The standard InChI is InChI=1S/2C31H43N3O4/c2*1-31(2)15-19-38-27(20-31)25-10-3-4-11-26(25)28(30(35)36)34-17-14-24(21-34)37-18-6-5-9-23-13-12-22-8-7-16-32-29(22)33-23/h2*3-4,10-13,24,27-28H,5-9,14-21H2,1-2H3,(H,32,33)(H,35,36)/t24-,27+,28-;24-,27-,28-/m11/s1. The van der Waals surface area contributed by atoms with E-state index in [0.29, 0.717) is 39.5 Å². The highest BCUT2D eigenvalue weighted by molar-refractivity contribution is 5.77. The highest BCUT2D eigenvalue weighted by Crippen LogP contribution is 2.44. The van der Waals surface area contributed by atoms with Gasteiger partial charge in [0.15, 0.2) is 0 Å². The van der Waals surface area contributed by atoms with Gasteiger partial charge in [0.25, 0.3) is 0 Å². The number of rotatable bonds is 20. The van der Waals surface area contributed by atoms with Crippen molar-refractivity contribution in [1.29, 1.82) is 0 Å². The van der Waals surface area contributed by atoms with Gasteiger partial charge < -0.3 is 39.8 Å². The van der Waals surface area contributed by atoms with E-state index in [9.17, 15) is 19.8 Å². The summed E-state index contributed by atoms with van der Waals surface area (Å²) in [7, 11) is 0. The minimum atomic E-state index is -0.805. The Morgan fingerprint density at radius 2 is 1.07 bits per heavy atom. The molecule has 0 bridgehead atoms. The molecular formula is C62H86N6O8. The molecule has 4 fully saturated rings. The quantitative estimate of drug-likeness (QED) is 0.0617. The number of benzene rings is 2. The van der Waals surface area contributed by atoms with Crippen LogP contribution in [0, 0.1) is 10.8 Å². The first-order valence-electron chi connectivity index (χ1n) is 28.8. The second-order valence-electron chi connectivity index (χ2n) is 23.8. The van der Waals surface area contributed by atoms with Crippen molar-refractivity contribution in [1.82, 2.24) is 19.8 Å². The summed E-state index contributed by atoms with van der Waals surface area (Å²) >= 11 is 0. The molecule has 2 aromatic heterocycles. The lowest BCUT2D eigenvalue weighted by Gasteiger charge is -2.37. The number of aliphatic carboxylic acids is 2. The van der Waals surface area contributed by atoms with Crippen molar-refractivity contribution in [3.05, 3.63) is 118 Å². The predicted molar refractivity (Wildman–Crippen MR) is 297 cm³/mol. The number of pyridine rings is 2. The lowest BCUT2D eigenvalue weighted by Crippen LogP contribution is -2.35. The first-order valence-corrected chi connectivity index (χ1v) is 28.8. The molecule has 0 unspecified atom stereocenters. The van der Waals surface area contributed by atoms with Gasteiger partial charge in [0.2, 0.25) is 0 Å². The van der Waals surface area contributed by atoms with E-state index in [4.69, 9.17) is 28.9 Å². The molecule has 14 nitrogen and oxygen atoms in total. The maximum Gasteiger partial charge on any atom is 0.325 e. The second-order valence-corrected chi connectivity index (χ2v) is 23.8. The number of carboxylic acids is 2. The van der Waals surface area contributed by atoms with Crippen molar-refractivity contribution in [3.63, 3.8) is 0 Å². The van der Waals surface area contributed by atoms with Crippen molar-refractivity contribution in [2.45, 2.75) is 167 Å². The Kier molecular flexibility index (Phi) is 19.2. The zero-order valence-electron chi connectivity index (χ0n) is 45.9. The van der Waals surface area contributed by atoms with E-state index in [1.54, 1.807) is 0 Å². The minimum Gasteiger partial charge on any atom is -0.480 e. The fraction of sp³-hybridized carbons (Fsp3) is 0.613. The summed E-state index contributed by atoms with van der Waals surface area (Å²) in [6.45, 7) is 16.6. The Morgan fingerprint density at radius 3 is 1.49 bits per heavy atom. The number of nitrogens with one attached hydrogen (secondary N) is 2. The van der Waals surface area contributed by atoms with Crippen LogP contribution in [0.5, 0.6) is 0 Å². The van der Waals surface area contributed by atoms with Gasteiger partial charge in [-0.05, 0) is 159 Å². The van der Waals surface area contributed by atoms with Gasteiger partial charge in [-0.2, -0.15) is 0 Å². The third-order valence-electron chi connectivity index (χ3n) is 16.8. The Balaban J connectivity index is 0.000000186. The van der Waals surface area contributed by atoms with Crippen LogP contribution in [0.4, 0.5) is 11.6 Å². The molecular weight excluding hydrogens is 957 g/mol. The molecule has 4 saturated heterocycles. The monoisotopic (exact) mass is 1040 g/mol. The smallest absolute Gasteiger partial charge is 0.325 e. The van der Waals surface area contributed by atoms with E-state index < -0.39 is 24.0 Å². The van der Waals surface area contributed by atoms with E-state index >= 15 is 0 Å². The number of nitrogens with zero attached hydrogens (tertiary/aromatic N) is 4. The molecule has 6 atom stereocenters. The predicted octanol–water partition coefficient (Wildman–Crippen LogP) is 11.1. The molecule has 2 aromatic carbocycles. The van der Waals surface area contributed by atoms with E-state index in [-0.39, 0.29) is 35.2 Å². The van der Waals surface area contributed by atoms with E-state index in [1.165, 1.54) is 24.0 Å². The highest BCUT2D eigenvalue weighted by Gasteiger charge is 2.40. The van der Waals surface area contributed by atoms with E-state index in [2.05, 4.69) is 84.5 Å². The van der Waals surface area contributed by atoms with Gasteiger partial charge in [0.1, 0.15) is 23.7 Å². The summed E-state index contributed by atoms with van der Waals surface area (Å²) in [5.41, 5.74) is 9.05. The number of carbonyl (C=O) groups is 2. The minimum absolute atomic E-state index is 0.0631. The average molecular weight is 1040 g/mol. The van der Waals surface area contributed by atoms with Crippen LogP contribution in [0.25, 0.3) is 0 Å². The van der Waals surface area contributed by atoms with Gasteiger partial charge in [-0.1, -0.05) is 88.4 Å². The normalized spacial score (nSPS) is 23.9. The Hall–Kier alpha value is -4.96. The summed E-state index contributed by atoms with van der Waals surface area (Å²) in [5, 5.41) is 27.4. The number of hydrogen-bond acceptors (Lipinski definition) is 12. The zero-order valence-corrected chi connectivity index (χ0v) is 45.9. The SMILES string of the molecule is CC1(C)CCO[C@@H](c2ccccc2[C@H](C(=O)O)N2CC[C@@H](OCCCCc3ccc4c(n3)NCCC4)C2)C1.CC1(C)CCO[C@H](c2ccccc2[C@H](C(=O)O)N2CC[C@@H](OCCCCc3ccc4c(n3)NCCC4)C2)C1. The molecule has 4 aromatic rings.